The molecule has 0 N–H and O–H groups in total. The summed E-state index contributed by atoms with van der Waals surface area (Å²) in [5, 5.41) is 0. The Balaban J connectivity index is 1.93. The molecule has 0 atom stereocenters. The molecule has 0 aliphatic carbocycles. The lowest BCUT2D eigenvalue weighted by Crippen LogP contribution is -2.02. The zero-order chi connectivity index (χ0) is 25.5. The van der Waals surface area contributed by atoms with E-state index in [-0.39, 0.29) is 18.0 Å². The van der Waals surface area contributed by atoms with Gasteiger partial charge in [-0.3, -0.25) is 9.59 Å². The Morgan fingerprint density at radius 2 is 1.14 bits per heavy atom. The number of benzene rings is 2. The van der Waals surface area contributed by atoms with Gasteiger partial charge in [0.25, 0.3) is 0 Å². The van der Waals surface area contributed by atoms with Crippen molar-refractivity contribution in [2.75, 3.05) is 39.2 Å². The summed E-state index contributed by atoms with van der Waals surface area (Å²) in [7, 11) is 3.09. The second-order valence-electron chi connectivity index (χ2n) is 7.38. The molecule has 0 fully saturated rings. The Morgan fingerprint density at radius 3 is 1.51 bits per heavy atom. The van der Waals surface area contributed by atoms with Gasteiger partial charge in [0.2, 0.25) is 0 Å². The minimum Gasteiger partial charge on any atom is -0.493 e. The van der Waals surface area contributed by atoms with Crippen molar-refractivity contribution < 1.29 is 28.5 Å². The predicted octanol–water partition coefficient (Wildman–Crippen LogP) is 5.97. The van der Waals surface area contributed by atoms with Crippen LogP contribution in [0, 0.1) is 0 Å². The van der Waals surface area contributed by atoms with Crippen molar-refractivity contribution in [1.29, 1.82) is 0 Å². The summed E-state index contributed by atoms with van der Waals surface area (Å²) in [5.74, 6) is 2.75. The van der Waals surface area contributed by atoms with Crippen molar-refractivity contribution in [2.45, 2.75) is 19.3 Å². The van der Waals surface area contributed by atoms with E-state index in [2.05, 4.69) is 0 Å². The molecule has 0 aromatic heterocycles. The van der Waals surface area contributed by atoms with Gasteiger partial charge in [0.05, 0.1) is 33.9 Å². The number of carbonyl (C=O) groups is 2. The number of alkyl halides is 2. The van der Waals surface area contributed by atoms with E-state index in [4.69, 9.17) is 42.1 Å². The summed E-state index contributed by atoms with van der Waals surface area (Å²) in [6.45, 7) is 0.977. The van der Waals surface area contributed by atoms with E-state index in [0.29, 0.717) is 48.0 Å². The summed E-state index contributed by atoms with van der Waals surface area (Å²) < 4.78 is 22.0. The van der Waals surface area contributed by atoms with Crippen molar-refractivity contribution in [3.63, 3.8) is 0 Å². The van der Waals surface area contributed by atoms with Gasteiger partial charge in [-0.1, -0.05) is 24.3 Å². The Bertz CT molecular complexity index is 951. The largest absolute Gasteiger partial charge is 0.493 e. The smallest absolute Gasteiger partial charge is 0.163 e. The van der Waals surface area contributed by atoms with Crippen LogP contribution >= 0.6 is 23.2 Å². The van der Waals surface area contributed by atoms with Crippen LogP contribution in [-0.4, -0.2) is 50.8 Å². The predicted molar refractivity (Wildman–Crippen MR) is 140 cm³/mol. The van der Waals surface area contributed by atoms with Crippen molar-refractivity contribution in [1.82, 2.24) is 0 Å². The van der Waals surface area contributed by atoms with Crippen LogP contribution < -0.4 is 18.9 Å². The first-order chi connectivity index (χ1) is 17.0. The molecule has 0 saturated heterocycles. The number of methoxy groups -OCH3 is 2. The summed E-state index contributed by atoms with van der Waals surface area (Å²) in [5.41, 5.74) is 1.51. The fourth-order valence-electron chi connectivity index (χ4n) is 2.96. The Labute approximate surface area is 216 Å². The maximum Gasteiger partial charge on any atom is 0.163 e. The molecule has 6 nitrogen and oxygen atoms in total. The van der Waals surface area contributed by atoms with Gasteiger partial charge in [-0.15, -0.1) is 23.2 Å². The first-order valence-corrected chi connectivity index (χ1v) is 12.2. The number of ether oxygens (including phenoxy) is 4. The molecule has 0 saturated carbocycles. The second-order valence-corrected chi connectivity index (χ2v) is 8.13. The van der Waals surface area contributed by atoms with Gasteiger partial charge in [0.15, 0.2) is 34.6 Å². The van der Waals surface area contributed by atoms with E-state index in [9.17, 15) is 9.59 Å². The average Bonchev–Trinajstić information content (AvgIpc) is 2.87. The Hall–Kier alpha value is -2.96. The molecule has 35 heavy (non-hydrogen) atoms. The fraction of sp³-hybridized carbons (Fsp3) is 0.333. The van der Waals surface area contributed by atoms with Crippen LogP contribution in [0.4, 0.5) is 0 Å². The minimum atomic E-state index is -0.304. The van der Waals surface area contributed by atoms with Crippen LogP contribution in [0.5, 0.6) is 23.0 Å². The molecule has 0 radical (unpaired) electrons. The van der Waals surface area contributed by atoms with Crippen LogP contribution in [0.3, 0.4) is 0 Å². The van der Waals surface area contributed by atoms with E-state index in [1.807, 2.05) is 0 Å². The van der Waals surface area contributed by atoms with Crippen LogP contribution in [0.1, 0.15) is 30.4 Å². The lowest BCUT2D eigenvalue weighted by atomic mass is 10.1. The van der Waals surface area contributed by atoms with Gasteiger partial charge in [-0.25, -0.2) is 0 Å². The minimum absolute atomic E-state index is 0.236. The molecule has 0 bridgehead atoms. The number of rotatable bonds is 16. The van der Waals surface area contributed by atoms with Crippen molar-refractivity contribution in [3.8, 4) is 23.0 Å². The van der Waals surface area contributed by atoms with Gasteiger partial charge in [-0.2, -0.15) is 0 Å². The lowest BCUT2D eigenvalue weighted by Gasteiger charge is -2.10. The van der Waals surface area contributed by atoms with Crippen molar-refractivity contribution >= 4 is 46.9 Å². The van der Waals surface area contributed by atoms with E-state index < -0.39 is 0 Å². The number of allylic oxidation sites excluding steroid dienone is 2. The molecule has 0 aliphatic rings. The first-order valence-electron chi connectivity index (χ1n) is 11.2. The molecule has 2 rings (SSSR count). The standard InChI is InChI=1S/C27H30Cl2O6/c1-32-26-17-20(7-11-24(26)34-15-3-13-28)5-9-22(30)19-23(31)10-6-21-8-12-25(27(18-21)33-2)35-16-4-14-29/h5-12,17-18H,3-4,13-16,19H2,1-2H3/b9-5+,10-6+. The highest BCUT2D eigenvalue weighted by Crippen LogP contribution is 2.29. The van der Waals surface area contributed by atoms with Gasteiger partial charge < -0.3 is 18.9 Å². The van der Waals surface area contributed by atoms with E-state index in [1.165, 1.54) is 12.2 Å². The zero-order valence-electron chi connectivity index (χ0n) is 19.9. The fourth-order valence-corrected chi connectivity index (χ4v) is 3.17. The summed E-state index contributed by atoms with van der Waals surface area (Å²) in [4.78, 5) is 24.5. The third-order valence-corrected chi connectivity index (χ3v) is 5.25. The number of ketones is 2. The normalized spacial score (nSPS) is 11.1. The maximum absolute atomic E-state index is 12.2. The molecule has 2 aromatic rings. The zero-order valence-corrected chi connectivity index (χ0v) is 21.4. The summed E-state index contributed by atoms with van der Waals surface area (Å²) in [6, 6.07) is 10.7. The van der Waals surface area contributed by atoms with E-state index >= 15 is 0 Å². The number of carbonyl (C=O) groups excluding carboxylic acids is 2. The lowest BCUT2D eigenvalue weighted by molar-refractivity contribution is -0.121. The highest BCUT2D eigenvalue weighted by atomic mass is 35.5. The molecular weight excluding hydrogens is 491 g/mol. The van der Waals surface area contributed by atoms with E-state index in [0.717, 1.165) is 24.0 Å². The van der Waals surface area contributed by atoms with Crippen molar-refractivity contribution in [2.24, 2.45) is 0 Å². The Morgan fingerprint density at radius 1 is 0.714 bits per heavy atom. The summed E-state index contributed by atoms with van der Waals surface area (Å²) in [6.07, 6.45) is 7.25. The van der Waals surface area contributed by atoms with Crippen molar-refractivity contribution in [3.05, 3.63) is 59.7 Å². The highest BCUT2D eigenvalue weighted by molar-refractivity contribution is 6.18. The number of hydrogen-bond acceptors (Lipinski definition) is 6. The SMILES string of the molecule is COc1cc(/C=C/C(=O)CC(=O)/C=C/c2ccc(OCCCCl)c(OC)c2)ccc1OCCCCl. The molecule has 0 spiro atoms. The monoisotopic (exact) mass is 520 g/mol. The van der Waals surface area contributed by atoms with Gasteiger partial charge in [0, 0.05) is 11.8 Å². The third kappa shape index (κ3) is 10.0. The van der Waals surface area contributed by atoms with Crippen LogP contribution in [0.15, 0.2) is 48.6 Å². The molecule has 0 heterocycles. The van der Waals surface area contributed by atoms with Gasteiger partial charge in [0.1, 0.15) is 0 Å². The number of hydrogen-bond donors (Lipinski definition) is 0. The molecule has 2 aromatic carbocycles. The molecule has 0 unspecified atom stereocenters. The van der Waals surface area contributed by atoms with Crippen LogP contribution in [0.2, 0.25) is 0 Å². The summed E-state index contributed by atoms with van der Waals surface area (Å²) >= 11 is 11.3. The average molecular weight is 521 g/mol. The van der Waals surface area contributed by atoms with E-state index in [1.54, 1.807) is 62.8 Å². The Kier molecular flexibility index (Phi) is 12.8. The molecule has 188 valence electrons. The topological polar surface area (TPSA) is 71.1 Å². The quantitative estimate of drug-likeness (QED) is 0.117. The van der Waals surface area contributed by atoms with Gasteiger partial charge in [-0.05, 0) is 60.4 Å². The maximum atomic E-state index is 12.2. The van der Waals surface area contributed by atoms with Gasteiger partial charge >= 0.3 is 0 Å². The highest BCUT2D eigenvalue weighted by Gasteiger charge is 2.08. The second kappa shape index (κ2) is 15.8. The molecular formula is C27H30Cl2O6. The van der Waals surface area contributed by atoms with Crippen LogP contribution in [0.25, 0.3) is 12.2 Å². The molecule has 0 aliphatic heterocycles. The van der Waals surface area contributed by atoms with Crippen LogP contribution in [-0.2, 0) is 9.59 Å². The first kappa shape index (κ1) is 28.3. The number of halogens is 2. The third-order valence-electron chi connectivity index (χ3n) is 4.72. The molecule has 8 heteroatoms. The molecule has 0 amide bonds.